The summed E-state index contributed by atoms with van der Waals surface area (Å²) in [6.07, 6.45) is 9.85. The van der Waals surface area contributed by atoms with Crippen LogP contribution in [-0.2, 0) is 0 Å². The molecule has 0 amide bonds. The second-order valence-electron chi connectivity index (χ2n) is 7.02. The largest absolute Gasteiger partial charge is 0.316 e. The molecular weight excluding hydrogens is 220 g/mol. The summed E-state index contributed by atoms with van der Waals surface area (Å²) in [5, 5.41) is 3.59. The maximum absolute atomic E-state index is 3.59. The Morgan fingerprint density at radius 1 is 1.33 bits per heavy atom. The van der Waals surface area contributed by atoms with Crippen molar-refractivity contribution in [1.29, 1.82) is 0 Å². The third-order valence-corrected chi connectivity index (χ3v) is 5.23. The van der Waals surface area contributed by atoms with E-state index >= 15 is 0 Å². The Morgan fingerprint density at radius 3 is 2.78 bits per heavy atom. The molecule has 1 heterocycles. The van der Waals surface area contributed by atoms with E-state index in [1.807, 2.05) is 0 Å². The first-order chi connectivity index (χ1) is 8.65. The highest BCUT2D eigenvalue weighted by atomic mass is 15.1. The van der Waals surface area contributed by atoms with Gasteiger partial charge in [-0.2, -0.15) is 0 Å². The van der Waals surface area contributed by atoms with Gasteiger partial charge in [0.25, 0.3) is 0 Å². The highest BCUT2D eigenvalue weighted by Gasteiger charge is 2.35. The number of nitrogens with one attached hydrogen (secondary N) is 1. The fourth-order valence-corrected chi connectivity index (χ4v) is 4.21. The molecule has 0 bridgehead atoms. The monoisotopic (exact) mass is 252 g/mol. The Kier molecular flexibility index (Phi) is 5.08. The maximum atomic E-state index is 3.59. The lowest BCUT2D eigenvalue weighted by Gasteiger charge is -2.40. The molecule has 2 heteroatoms. The standard InChI is InChI=1S/C16H32N2/c1-4-8-16(9-10-17-12-16)13-18(3)15-7-5-6-14(2)11-15/h14-15,17H,4-13H2,1-3H3. The van der Waals surface area contributed by atoms with Gasteiger partial charge >= 0.3 is 0 Å². The highest BCUT2D eigenvalue weighted by Crippen LogP contribution is 2.34. The van der Waals surface area contributed by atoms with Crippen LogP contribution in [0, 0.1) is 11.3 Å². The highest BCUT2D eigenvalue weighted by molar-refractivity contribution is 4.91. The van der Waals surface area contributed by atoms with Crippen molar-refractivity contribution in [2.45, 2.75) is 64.8 Å². The summed E-state index contributed by atoms with van der Waals surface area (Å²) < 4.78 is 0. The van der Waals surface area contributed by atoms with E-state index in [9.17, 15) is 0 Å². The molecule has 0 aromatic heterocycles. The zero-order valence-electron chi connectivity index (χ0n) is 12.7. The van der Waals surface area contributed by atoms with Gasteiger partial charge in [0.2, 0.25) is 0 Å². The predicted molar refractivity (Wildman–Crippen MR) is 78.9 cm³/mol. The van der Waals surface area contributed by atoms with E-state index < -0.39 is 0 Å². The van der Waals surface area contributed by atoms with Crippen LogP contribution in [0.3, 0.4) is 0 Å². The third kappa shape index (κ3) is 3.48. The lowest BCUT2D eigenvalue weighted by atomic mass is 9.80. The molecule has 18 heavy (non-hydrogen) atoms. The van der Waals surface area contributed by atoms with Crippen molar-refractivity contribution >= 4 is 0 Å². The summed E-state index contributed by atoms with van der Waals surface area (Å²) in [6.45, 7) is 8.55. The molecule has 0 spiro atoms. The molecule has 3 unspecified atom stereocenters. The van der Waals surface area contributed by atoms with Crippen LogP contribution in [0.1, 0.15) is 58.8 Å². The molecule has 1 N–H and O–H groups in total. The van der Waals surface area contributed by atoms with Crippen molar-refractivity contribution in [1.82, 2.24) is 10.2 Å². The van der Waals surface area contributed by atoms with Gasteiger partial charge in [0.05, 0.1) is 0 Å². The van der Waals surface area contributed by atoms with Crippen LogP contribution in [-0.4, -0.2) is 37.6 Å². The fourth-order valence-electron chi connectivity index (χ4n) is 4.21. The normalized spacial score (nSPS) is 37.3. The van der Waals surface area contributed by atoms with Crippen LogP contribution in [0.4, 0.5) is 0 Å². The Hall–Kier alpha value is -0.0800. The molecule has 2 rings (SSSR count). The van der Waals surface area contributed by atoms with Crippen molar-refractivity contribution in [3.63, 3.8) is 0 Å². The van der Waals surface area contributed by atoms with Gasteiger partial charge in [0.1, 0.15) is 0 Å². The molecule has 2 fully saturated rings. The van der Waals surface area contributed by atoms with Gasteiger partial charge in [-0.3, -0.25) is 0 Å². The van der Waals surface area contributed by atoms with E-state index in [0.717, 1.165) is 12.0 Å². The van der Waals surface area contributed by atoms with Crippen molar-refractivity contribution in [2.75, 3.05) is 26.7 Å². The zero-order chi connectivity index (χ0) is 13.0. The summed E-state index contributed by atoms with van der Waals surface area (Å²) in [5.41, 5.74) is 0.574. The first-order valence-corrected chi connectivity index (χ1v) is 8.06. The Morgan fingerprint density at radius 2 is 2.17 bits per heavy atom. The summed E-state index contributed by atoms with van der Waals surface area (Å²) in [4.78, 5) is 2.69. The van der Waals surface area contributed by atoms with Crippen molar-refractivity contribution in [3.8, 4) is 0 Å². The molecule has 106 valence electrons. The molecule has 3 atom stereocenters. The molecule has 2 aliphatic rings. The van der Waals surface area contributed by atoms with Gasteiger partial charge in [-0.05, 0) is 50.6 Å². The van der Waals surface area contributed by atoms with Crippen LogP contribution in [0.2, 0.25) is 0 Å². The maximum Gasteiger partial charge on any atom is 0.00949 e. The first kappa shape index (κ1) is 14.3. The zero-order valence-corrected chi connectivity index (χ0v) is 12.7. The Balaban J connectivity index is 1.89. The van der Waals surface area contributed by atoms with Gasteiger partial charge < -0.3 is 10.2 Å². The van der Waals surface area contributed by atoms with Crippen LogP contribution in [0.25, 0.3) is 0 Å². The average molecular weight is 252 g/mol. The van der Waals surface area contributed by atoms with Crippen LogP contribution in [0.15, 0.2) is 0 Å². The minimum atomic E-state index is 0.574. The first-order valence-electron chi connectivity index (χ1n) is 8.06. The van der Waals surface area contributed by atoms with Gasteiger partial charge in [0.15, 0.2) is 0 Å². The molecule has 0 aromatic rings. The van der Waals surface area contributed by atoms with E-state index in [4.69, 9.17) is 0 Å². The molecule has 1 aliphatic carbocycles. The van der Waals surface area contributed by atoms with Gasteiger partial charge in [-0.15, -0.1) is 0 Å². The summed E-state index contributed by atoms with van der Waals surface area (Å²) in [5.74, 6) is 0.940. The lowest BCUT2D eigenvalue weighted by molar-refractivity contribution is 0.103. The van der Waals surface area contributed by atoms with Gasteiger partial charge in [-0.1, -0.05) is 33.1 Å². The Labute approximate surface area is 114 Å². The van der Waals surface area contributed by atoms with Crippen molar-refractivity contribution in [2.24, 2.45) is 11.3 Å². The molecule has 2 nitrogen and oxygen atoms in total. The van der Waals surface area contributed by atoms with Crippen molar-refractivity contribution in [3.05, 3.63) is 0 Å². The molecular formula is C16H32N2. The quantitative estimate of drug-likeness (QED) is 0.808. The molecule has 1 saturated heterocycles. The second kappa shape index (κ2) is 6.38. The van der Waals surface area contributed by atoms with Gasteiger partial charge in [0, 0.05) is 19.1 Å². The van der Waals surface area contributed by atoms with E-state index in [-0.39, 0.29) is 0 Å². The van der Waals surface area contributed by atoms with Crippen molar-refractivity contribution < 1.29 is 0 Å². The molecule has 1 saturated carbocycles. The Bertz CT molecular complexity index is 245. The smallest absolute Gasteiger partial charge is 0.00949 e. The van der Waals surface area contributed by atoms with Crippen LogP contribution in [0.5, 0.6) is 0 Å². The third-order valence-electron chi connectivity index (χ3n) is 5.23. The van der Waals surface area contributed by atoms with E-state index in [2.05, 4.69) is 31.1 Å². The van der Waals surface area contributed by atoms with Crippen LogP contribution < -0.4 is 5.32 Å². The van der Waals surface area contributed by atoms with E-state index in [1.165, 1.54) is 64.6 Å². The molecule has 0 aromatic carbocycles. The number of hydrogen-bond acceptors (Lipinski definition) is 2. The summed E-state index contributed by atoms with van der Waals surface area (Å²) in [7, 11) is 2.37. The fraction of sp³-hybridized carbons (Fsp3) is 1.00. The van der Waals surface area contributed by atoms with Gasteiger partial charge in [-0.25, -0.2) is 0 Å². The van der Waals surface area contributed by atoms with Crippen LogP contribution >= 0.6 is 0 Å². The summed E-state index contributed by atoms with van der Waals surface area (Å²) in [6, 6.07) is 0.850. The average Bonchev–Trinajstić information content (AvgIpc) is 2.78. The molecule has 0 radical (unpaired) electrons. The van der Waals surface area contributed by atoms with E-state index in [0.29, 0.717) is 5.41 Å². The number of nitrogens with zero attached hydrogens (tertiary/aromatic N) is 1. The number of rotatable bonds is 5. The number of hydrogen-bond donors (Lipinski definition) is 1. The minimum Gasteiger partial charge on any atom is -0.316 e. The van der Waals surface area contributed by atoms with E-state index in [1.54, 1.807) is 0 Å². The topological polar surface area (TPSA) is 15.3 Å². The summed E-state index contributed by atoms with van der Waals surface area (Å²) >= 11 is 0. The molecule has 1 aliphatic heterocycles. The minimum absolute atomic E-state index is 0.574. The predicted octanol–water partition coefficient (Wildman–Crippen LogP) is 3.28. The second-order valence-corrected chi connectivity index (χ2v) is 7.02. The lowest BCUT2D eigenvalue weighted by Crippen LogP contribution is -2.44. The SMILES string of the molecule is CCCC1(CN(C)C2CCCC(C)C2)CCNC1.